The Bertz CT molecular complexity index is 969. The van der Waals surface area contributed by atoms with Crippen molar-refractivity contribution in [1.29, 1.82) is 0 Å². The normalized spacial score (nSPS) is 15.5. The Balaban J connectivity index is 1.27. The molecule has 2 aromatic heterocycles. The molecular weight excluding hydrogens is 348 g/mol. The maximum absolute atomic E-state index is 12.7. The van der Waals surface area contributed by atoms with Crippen molar-refractivity contribution in [2.24, 2.45) is 0 Å². The molecule has 0 radical (unpaired) electrons. The molecule has 28 heavy (non-hydrogen) atoms. The first kappa shape index (κ1) is 18.4. The maximum atomic E-state index is 12.7. The van der Waals surface area contributed by atoms with Gasteiger partial charge in [-0.3, -0.25) is 9.69 Å². The molecule has 144 valence electrons. The number of rotatable bonds is 5. The van der Waals surface area contributed by atoms with Gasteiger partial charge in [-0.15, -0.1) is 0 Å². The van der Waals surface area contributed by atoms with E-state index in [1.807, 2.05) is 58.9 Å². The van der Waals surface area contributed by atoms with Crippen molar-refractivity contribution in [2.75, 3.05) is 32.7 Å². The van der Waals surface area contributed by atoms with Crippen LogP contribution in [0.5, 0.6) is 0 Å². The van der Waals surface area contributed by atoms with Crippen molar-refractivity contribution in [3.05, 3.63) is 77.8 Å². The number of nitrogens with zero attached hydrogens (tertiary/aromatic N) is 4. The number of hydrogen-bond acceptors (Lipinski definition) is 3. The topological polar surface area (TPSA) is 40.9 Å². The van der Waals surface area contributed by atoms with E-state index < -0.39 is 0 Å². The summed E-state index contributed by atoms with van der Waals surface area (Å²) in [5.41, 5.74) is 4.13. The predicted octanol–water partition coefficient (Wildman–Crippen LogP) is 3.04. The summed E-state index contributed by atoms with van der Waals surface area (Å²) < 4.78 is 1.98. The average Bonchev–Trinajstić information content (AvgIpc) is 3.10. The van der Waals surface area contributed by atoms with Crippen LogP contribution in [0.15, 0.2) is 60.9 Å². The van der Waals surface area contributed by atoms with Gasteiger partial charge in [0.15, 0.2) is 0 Å². The molecule has 0 atom stereocenters. The molecule has 5 nitrogen and oxygen atoms in total. The average molecular weight is 374 g/mol. The molecule has 0 spiro atoms. The van der Waals surface area contributed by atoms with Crippen molar-refractivity contribution in [3.63, 3.8) is 0 Å². The largest absolute Gasteiger partial charge is 0.340 e. The SMILES string of the molecule is Cc1ccn2cc(CC(=O)N3CCN(C/C=C/c4ccccc4)CC3)nc2c1. The highest BCUT2D eigenvalue weighted by molar-refractivity contribution is 5.78. The van der Waals surface area contributed by atoms with Crippen LogP contribution in [0.4, 0.5) is 0 Å². The Kier molecular flexibility index (Phi) is 5.53. The molecule has 0 unspecified atom stereocenters. The molecule has 1 aromatic carbocycles. The number of fused-ring (bicyclic) bond motifs is 1. The molecule has 0 N–H and O–H groups in total. The number of carbonyl (C=O) groups excluding carboxylic acids is 1. The molecule has 1 aliphatic heterocycles. The highest BCUT2D eigenvalue weighted by atomic mass is 16.2. The monoisotopic (exact) mass is 374 g/mol. The van der Waals surface area contributed by atoms with Crippen LogP contribution < -0.4 is 0 Å². The first-order valence-electron chi connectivity index (χ1n) is 9.83. The molecule has 4 rings (SSSR count). The van der Waals surface area contributed by atoms with Crippen LogP contribution in [0.1, 0.15) is 16.8 Å². The van der Waals surface area contributed by atoms with Crippen molar-refractivity contribution in [1.82, 2.24) is 19.2 Å². The highest BCUT2D eigenvalue weighted by Gasteiger charge is 2.21. The first-order chi connectivity index (χ1) is 13.7. The smallest absolute Gasteiger partial charge is 0.228 e. The van der Waals surface area contributed by atoms with Crippen LogP contribution in [0.3, 0.4) is 0 Å². The van der Waals surface area contributed by atoms with Crippen LogP contribution >= 0.6 is 0 Å². The van der Waals surface area contributed by atoms with Crippen LogP contribution in [0, 0.1) is 6.92 Å². The van der Waals surface area contributed by atoms with Crippen LogP contribution in [-0.4, -0.2) is 57.8 Å². The lowest BCUT2D eigenvalue weighted by Gasteiger charge is -2.34. The lowest BCUT2D eigenvalue weighted by Crippen LogP contribution is -2.49. The van der Waals surface area contributed by atoms with Gasteiger partial charge in [0.05, 0.1) is 12.1 Å². The Morgan fingerprint density at radius 1 is 1.11 bits per heavy atom. The summed E-state index contributed by atoms with van der Waals surface area (Å²) in [7, 11) is 0. The quantitative estimate of drug-likeness (QED) is 0.689. The van der Waals surface area contributed by atoms with E-state index in [-0.39, 0.29) is 5.91 Å². The standard InChI is InChI=1S/C23H26N4O/c1-19-9-11-27-18-21(24-22(27)16-19)17-23(28)26-14-12-25(13-15-26)10-5-8-20-6-3-2-4-7-20/h2-9,11,16,18H,10,12-15,17H2,1H3/b8-5+. The Morgan fingerprint density at radius 2 is 1.89 bits per heavy atom. The number of amides is 1. The summed E-state index contributed by atoms with van der Waals surface area (Å²) in [4.78, 5) is 21.6. The highest BCUT2D eigenvalue weighted by Crippen LogP contribution is 2.11. The molecule has 0 bridgehead atoms. The van der Waals surface area contributed by atoms with E-state index in [1.54, 1.807) is 0 Å². The summed E-state index contributed by atoms with van der Waals surface area (Å²) in [5, 5.41) is 0. The van der Waals surface area contributed by atoms with Crippen molar-refractivity contribution in [3.8, 4) is 0 Å². The number of aryl methyl sites for hydroxylation is 1. The third kappa shape index (κ3) is 4.49. The number of pyridine rings is 1. The van der Waals surface area contributed by atoms with E-state index in [0.717, 1.165) is 44.1 Å². The van der Waals surface area contributed by atoms with Crippen molar-refractivity contribution < 1.29 is 4.79 Å². The van der Waals surface area contributed by atoms with E-state index in [4.69, 9.17) is 0 Å². The number of carbonyl (C=O) groups is 1. The molecule has 3 aromatic rings. The fourth-order valence-corrected chi connectivity index (χ4v) is 3.57. The Morgan fingerprint density at radius 3 is 2.68 bits per heavy atom. The molecule has 1 aliphatic rings. The zero-order chi connectivity index (χ0) is 19.3. The van der Waals surface area contributed by atoms with Gasteiger partial charge in [0.25, 0.3) is 0 Å². The number of aromatic nitrogens is 2. The van der Waals surface area contributed by atoms with Gasteiger partial charge in [0.1, 0.15) is 5.65 Å². The summed E-state index contributed by atoms with van der Waals surface area (Å²) >= 11 is 0. The number of hydrogen-bond donors (Lipinski definition) is 0. The van der Waals surface area contributed by atoms with E-state index in [0.29, 0.717) is 6.42 Å². The molecule has 1 saturated heterocycles. The Hall–Kier alpha value is -2.92. The first-order valence-corrected chi connectivity index (χ1v) is 9.83. The predicted molar refractivity (Wildman–Crippen MR) is 112 cm³/mol. The van der Waals surface area contributed by atoms with Gasteiger partial charge in [0, 0.05) is 45.1 Å². The van der Waals surface area contributed by atoms with Crippen molar-refractivity contribution >= 4 is 17.6 Å². The van der Waals surface area contributed by atoms with E-state index in [1.165, 1.54) is 11.1 Å². The van der Waals surface area contributed by atoms with Crippen molar-refractivity contribution in [2.45, 2.75) is 13.3 Å². The zero-order valence-corrected chi connectivity index (χ0v) is 16.3. The fraction of sp³-hybridized carbons (Fsp3) is 0.304. The van der Waals surface area contributed by atoms with E-state index in [9.17, 15) is 4.79 Å². The molecular formula is C23H26N4O. The molecule has 5 heteroatoms. The van der Waals surface area contributed by atoms with Gasteiger partial charge >= 0.3 is 0 Å². The Labute approximate surface area is 165 Å². The lowest BCUT2D eigenvalue weighted by molar-refractivity contribution is -0.132. The van der Waals surface area contributed by atoms with Gasteiger partial charge in [-0.05, 0) is 30.2 Å². The second kappa shape index (κ2) is 8.40. The van der Waals surface area contributed by atoms with Crippen LogP contribution in [0.2, 0.25) is 0 Å². The minimum atomic E-state index is 0.166. The van der Waals surface area contributed by atoms with Gasteiger partial charge in [-0.2, -0.15) is 0 Å². The third-order valence-electron chi connectivity index (χ3n) is 5.20. The second-order valence-corrected chi connectivity index (χ2v) is 7.37. The molecule has 1 amide bonds. The molecule has 0 saturated carbocycles. The summed E-state index contributed by atoms with van der Waals surface area (Å²) in [6.07, 6.45) is 8.67. The fourth-order valence-electron chi connectivity index (χ4n) is 3.57. The number of benzene rings is 1. The number of piperazine rings is 1. The maximum Gasteiger partial charge on any atom is 0.228 e. The van der Waals surface area contributed by atoms with Gasteiger partial charge in [0.2, 0.25) is 5.91 Å². The second-order valence-electron chi connectivity index (χ2n) is 7.37. The molecule has 1 fully saturated rings. The van der Waals surface area contributed by atoms with Gasteiger partial charge in [-0.1, -0.05) is 42.5 Å². The van der Waals surface area contributed by atoms with E-state index in [2.05, 4.69) is 34.2 Å². The van der Waals surface area contributed by atoms with E-state index >= 15 is 0 Å². The molecule has 3 heterocycles. The lowest BCUT2D eigenvalue weighted by atomic mass is 10.2. The summed E-state index contributed by atoms with van der Waals surface area (Å²) in [6, 6.07) is 14.4. The van der Waals surface area contributed by atoms with Crippen LogP contribution in [-0.2, 0) is 11.2 Å². The minimum absolute atomic E-state index is 0.166. The third-order valence-corrected chi connectivity index (χ3v) is 5.20. The minimum Gasteiger partial charge on any atom is -0.340 e. The number of imidazole rings is 1. The molecule has 0 aliphatic carbocycles. The summed E-state index contributed by atoms with van der Waals surface area (Å²) in [5.74, 6) is 0.166. The zero-order valence-electron chi connectivity index (χ0n) is 16.3. The van der Waals surface area contributed by atoms with Gasteiger partial charge in [-0.25, -0.2) is 4.98 Å². The van der Waals surface area contributed by atoms with Crippen LogP contribution in [0.25, 0.3) is 11.7 Å². The van der Waals surface area contributed by atoms with Gasteiger partial charge < -0.3 is 9.30 Å². The summed E-state index contributed by atoms with van der Waals surface area (Å²) in [6.45, 7) is 6.36.